The summed E-state index contributed by atoms with van der Waals surface area (Å²) in [6.07, 6.45) is 0.0804. The predicted octanol–water partition coefficient (Wildman–Crippen LogP) is -0.465. The quantitative estimate of drug-likeness (QED) is 0.544. The molecular weight excluding hydrogens is 176 g/mol. The van der Waals surface area contributed by atoms with Crippen molar-refractivity contribution in [2.24, 2.45) is 5.73 Å². The summed E-state index contributed by atoms with van der Waals surface area (Å²) in [5.41, 5.74) is 5.12. The Kier molecular flexibility index (Phi) is 5.62. The lowest BCUT2D eigenvalue weighted by Crippen LogP contribution is -2.42. The average Bonchev–Trinajstić information content (AvgIpc) is 2.10. The van der Waals surface area contributed by atoms with Gasteiger partial charge in [0.2, 0.25) is 0 Å². The van der Waals surface area contributed by atoms with E-state index in [1.54, 1.807) is 0 Å². The van der Waals surface area contributed by atoms with Crippen molar-refractivity contribution in [3.05, 3.63) is 0 Å². The van der Waals surface area contributed by atoms with Gasteiger partial charge >= 0.3 is 12.1 Å². The van der Waals surface area contributed by atoms with Crippen molar-refractivity contribution in [3.8, 4) is 0 Å². The Balaban J connectivity index is 3.52. The number of amides is 1. The smallest absolute Gasteiger partial charge is 0.407 e. The third kappa shape index (κ3) is 5.92. The molecule has 1 unspecified atom stereocenters. The Hall–Kier alpha value is -1.30. The second-order valence-electron chi connectivity index (χ2n) is 2.46. The van der Waals surface area contributed by atoms with Gasteiger partial charge in [0.05, 0.1) is 6.61 Å². The van der Waals surface area contributed by atoms with E-state index in [-0.39, 0.29) is 6.54 Å². The molecule has 0 rings (SSSR count). The van der Waals surface area contributed by atoms with E-state index >= 15 is 0 Å². The average molecular weight is 190 g/mol. The fourth-order valence-electron chi connectivity index (χ4n) is 0.526. The molecule has 1 amide bonds. The molecule has 76 valence electrons. The first-order valence-corrected chi connectivity index (χ1v) is 3.97. The predicted molar refractivity (Wildman–Crippen MR) is 45.3 cm³/mol. The van der Waals surface area contributed by atoms with Gasteiger partial charge in [-0.2, -0.15) is 0 Å². The summed E-state index contributed by atoms with van der Waals surface area (Å²) < 4.78 is 4.62. The molecule has 13 heavy (non-hydrogen) atoms. The second kappa shape index (κ2) is 6.24. The molecule has 1 atom stereocenters. The second-order valence-corrected chi connectivity index (χ2v) is 2.46. The van der Waals surface area contributed by atoms with Crippen molar-refractivity contribution in [3.63, 3.8) is 0 Å². The molecule has 0 aliphatic rings. The fraction of sp³-hybridized carbons (Fsp3) is 0.714. The molecule has 0 bridgehead atoms. The normalized spacial score (nSPS) is 11.8. The molecule has 0 radical (unpaired) electrons. The van der Waals surface area contributed by atoms with Crippen LogP contribution in [0.1, 0.15) is 13.3 Å². The molecule has 0 aromatic carbocycles. The maximum atomic E-state index is 10.7. The van der Waals surface area contributed by atoms with E-state index < -0.39 is 18.1 Å². The summed E-state index contributed by atoms with van der Waals surface area (Å²) in [6, 6.07) is -1.09. The highest BCUT2D eigenvalue weighted by atomic mass is 16.5. The monoisotopic (exact) mass is 190 g/mol. The summed E-state index contributed by atoms with van der Waals surface area (Å²) in [5, 5.41) is 10.6. The number of aliphatic carboxylic acids is 1. The number of ether oxygens (including phenoxy) is 1. The maximum absolute atomic E-state index is 10.7. The van der Waals surface area contributed by atoms with Gasteiger partial charge in [-0.3, -0.25) is 4.79 Å². The van der Waals surface area contributed by atoms with Crippen LogP contribution in [-0.2, 0) is 9.53 Å². The number of alkyl carbamates (subject to hydrolysis) is 1. The van der Waals surface area contributed by atoms with Gasteiger partial charge in [0, 0.05) is 6.54 Å². The molecule has 0 spiro atoms. The number of carboxylic acid groups (broad SMARTS) is 1. The third-order valence-electron chi connectivity index (χ3n) is 1.22. The highest BCUT2D eigenvalue weighted by molar-refractivity contribution is 5.75. The number of carboxylic acids is 1. The molecule has 4 N–H and O–H groups in total. The molecule has 0 saturated heterocycles. The number of carbonyl (C=O) groups is 2. The minimum Gasteiger partial charge on any atom is -0.480 e. The summed E-state index contributed by atoms with van der Waals surface area (Å²) in [4.78, 5) is 21.0. The lowest BCUT2D eigenvalue weighted by Gasteiger charge is -2.08. The van der Waals surface area contributed by atoms with Crippen molar-refractivity contribution < 1.29 is 19.4 Å². The number of nitrogens with one attached hydrogen (secondary N) is 1. The molecule has 6 nitrogen and oxygen atoms in total. The van der Waals surface area contributed by atoms with Crippen LogP contribution in [-0.4, -0.2) is 36.4 Å². The first kappa shape index (κ1) is 11.7. The van der Waals surface area contributed by atoms with Crippen LogP contribution in [0.4, 0.5) is 4.79 Å². The lowest BCUT2D eigenvalue weighted by molar-refractivity contribution is -0.138. The molecular formula is C7H14N2O4. The van der Waals surface area contributed by atoms with E-state index in [2.05, 4.69) is 10.1 Å². The van der Waals surface area contributed by atoms with Crippen molar-refractivity contribution >= 4 is 12.1 Å². The SMILES string of the molecule is CCCOC(=O)NCC(N)C(=O)O. The molecule has 6 heteroatoms. The van der Waals surface area contributed by atoms with Crippen LogP contribution in [0, 0.1) is 0 Å². The zero-order chi connectivity index (χ0) is 10.3. The molecule has 0 aliphatic heterocycles. The molecule has 0 fully saturated rings. The summed E-state index contributed by atoms with van der Waals surface area (Å²) >= 11 is 0. The van der Waals surface area contributed by atoms with E-state index in [0.717, 1.165) is 6.42 Å². The van der Waals surface area contributed by atoms with Gasteiger partial charge in [-0.25, -0.2) is 4.79 Å². The number of carbonyl (C=O) groups excluding carboxylic acids is 1. The van der Waals surface area contributed by atoms with Gasteiger partial charge in [0.25, 0.3) is 0 Å². The number of rotatable bonds is 5. The van der Waals surface area contributed by atoms with Crippen LogP contribution >= 0.6 is 0 Å². The molecule has 0 aromatic heterocycles. The molecule has 0 aliphatic carbocycles. The van der Waals surface area contributed by atoms with Gasteiger partial charge < -0.3 is 20.9 Å². The van der Waals surface area contributed by atoms with Crippen molar-refractivity contribution in [1.29, 1.82) is 0 Å². The van der Waals surface area contributed by atoms with Gasteiger partial charge in [-0.05, 0) is 6.42 Å². The van der Waals surface area contributed by atoms with Crippen LogP contribution in [0.3, 0.4) is 0 Å². The third-order valence-corrected chi connectivity index (χ3v) is 1.22. The highest BCUT2D eigenvalue weighted by Crippen LogP contribution is 1.82. The Morgan fingerprint density at radius 3 is 2.69 bits per heavy atom. The van der Waals surface area contributed by atoms with Gasteiger partial charge in [-0.15, -0.1) is 0 Å². The Morgan fingerprint density at radius 2 is 2.23 bits per heavy atom. The van der Waals surface area contributed by atoms with E-state index in [1.807, 2.05) is 6.92 Å². The summed E-state index contributed by atoms with van der Waals surface area (Å²) in [6.45, 7) is 2.04. The molecule has 0 heterocycles. The van der Waals surface area contributed by atoms with Crippen molar-refractivity contribution in [2.45, 2.75) is 19.4 Å². The molecule has 0 aromatic rings. The minimum absolute atomic E-state index is 0.127. The van der Waals surface area contributed by atoms with Crippen molar-refractivity contribution in [2.75, 3.05) is 13.2 Å². The van der Waals surface area contributed by atoms with E-state index in [9.17, 15) is 9.59 Å². The van der Waals surface area contributed by atoms with Crippen LogP contribution in [0.5, 0.6) is 0 Å². The van der Waals surface area contributed by atoms with E-state index in [0.29, 0.717) is 6.61 Å². The summed E-state index contributed by atoms with van der Waals surface area (Å²) in [5.74, 6) is -1.16. The summed E-state index contributed by atoms with van der Waals surface area (Å²) in [7, 11) is 0. The lowest BCUT2D eigenvalue weighted by atomic mass is 10.3. The first-order chi connectivity index (χ1) is 6.07. The van der Waals surface area contributed by atoms with E-state index in [1.165, 1.54) is 0 Å². The zero-order valence-corrected chi connectivity index (χ0v) is 7.45. The van der Waals surface area contributed by atoms with Crippen LogP contribution in [0.15, 0.2) is 0 Å². The van der Waals surface area contributed by atoms with Gasteiger partial charge in [0.1, 0.15) is 6.04 Å². The number of hydrogen-bond acceptors (Lipinski definition) is 4. The minimum atomic E-state index is -1.16. The van der Waals surface area contributed by atoms with Crippen LogP contribution in [0.2, 0.25) is 0 Å². The fourth-order valence-corrected chi connectivity index (χ4v) is 0.526. The largest absolute Gasteiger partial charge is 0.480 e. The molecule has 0 saturated carbocycles. The van der Waals surface area contributed by atoms with Crippen molar-refractivity contribution in [1.82, 2.24) is 5.32 Å². The maximum Gasteiger partial charge on any atom is 0.407 e. The number of nitrogens with two attached hydrogens (primary N) is 1. The Morgan fingerprint density at radius 1 is 1.62 bits per heavy atom. The topological polar surface area (TPSA) is 102 Å². The number of hydrogen-bond donors (Lipinski definition) is 3. The Bertz CT molecular complexity index is 183. The standard InChI is InChI=1S/C7H14N2O4/c1-2-3-13-7(12)9-4-5(8)6(10)11/h5H,2-4,8H2,1H3,(H,9,12)(H,10,11). The van der Waals surface area contributed by atoms with Gasteiger partial charge in [-0.1, -0.05) is 6.92 Å². The van der Waals surface area contributed by atoms with Gasteiger partial charge in [0.15, 0.2) is 0 Å². The van der Waals surface area contributed by atoms with Crippen LogP contribution in [0.25, 0.3) is 0 Å². The highest BCUT2D eigenvalue weighted by Gasteiger charge is 2.12. The zero-order valence-electron chi connectivity index (χ0n) is 7.45. The first-order valence-electron chi connectivity index (χ1n) is 3.97. The van der Waals surface area contributed by atoms with E-state index in [4.69, 9.17) is 10.8 Å². The Labute approximate surface area is 76.0 Å². The van der Waals surface area contributed by atoms with Crippen LogP contribution < -0.4 is 11.1 Å².